The monoisotopic (exact) mass is 356 g/mol. The molecule has 2 rings (SSSR count). The van der Waals surface area contributed by atoms with Crippen molar-refractivity contribution in [2.75, 3.05) is 0 Å². The van der Waals surface area contributed by atoms with Crippen LogP contribution in [0.15, 0.2) is 40.9 Å². The predicted octanol–water partition coefficient (Wildman–Crippen LogP) is 4.30. The van der Waals surface area contributed by atoms with Gasteiger partial charge in [0.15, 0.2) is 0 Å². The van der Waals surface area contributed by atoms with Gasteiger partial charge in [0.25, 0.3) is 0 Å². The summed E-state index contributed by atoms with van der Waals surface area (Å²) in [5.41, 5.74) is 5.94. The molecule has 1 atom stereocenters. The highest BCUT2D eigenvalue weighted by Gasteiger charge is 2.12. The van der Waals surface area contributed by atoms with Gasteiger partial charge in [0.1, 0.15) is 5.82 Å². The molecule has 0 aliphatic carbocycles. The van der Waals surface area contributed by atoms with Crippen LogP contribution in [-0.2, 0) is 6.42 Å². The van der Waals surface area contributed by atoms with Gasteiger partial charge in [-0.2, -0.15) is 0 Å². The second-order valence-corrected chi connectivity index (χ2v) is 5.94. The Balaban J connectivity index is 2.23. The van der Waals surface area contributed by atoms with E-state index in [0.29, 0.717) is 6.42 Å². The number of rotatable bonds is 4. The third kappa shape index (κ3) is 3.58. The van der Waals surface area contributed by atoms with Gasteiger partial charge in [0.2, 0.25) is 0 Å². The van der Waals surface area contributed by atoms with Gasteiger partial charge in [-0.05, 0) is 48.2 Å². The molecule has 2 aromatic rings. The Bertz CT molecular complexity index is 619. The number of nitrogens with one attached hydrogen (secondary N) is 1. The molecule has 0 fully saturated rings. The van der Waals surface area contributed by atoms with Crippen LogP contribution < -0.4 is 11.3 Å². The fourth-order valence-corrected chi connectivity index (χ4v) is 2.51. The second kappa shape index (κ2) is 6.68. The average Bonchev–Trinajstić information content (AvgIpc) is 2.43. The van der Waals surface area contributed by atoms with E-state index in [9.17, 15) is 4.39 Å². The maximum Gasteiger partial charge on any atom is 0.141 e. The molecule has 0 bridgehead atoms. The molecule has 20 heavy (non-hydrogen) atoms. The minimum atomic E-state index is -0.410. The summed E-state index contributed by atoms with van der Waals surface area (Å²) in [6.45, 7) is 2.02. The Morgan fingerprint density at radius 2 is 2.05 bits per heavy atom. The Morgan fingerprint density at radius 1 is 1.30 bits per heavy atom. The molecular formula is C15H15BrClFN2. The van der Waals surface area contributed by atoms with Gasteiger partial charge >= 0.3 is 0 Å². The van der Waals surface area contributed by atoms with E-state index in [4.69, 9.17) is 17.4 Å². The van der Waals surface area contributed by atoms with Crippen LogP contribution in [0.2, 0.25) is 5.02 Å². The summed E-state index contributed by atoms with van der Waals surface area (Å²) in [6, 6.07) is 10.7. The summed E-state index contributed by atoms with van der Waals surface area (Å²) in [4.78, 5) is 0. The minimum absolute atomic E-state index is 0.0525. The summed E-state index contributed by atoms with van der Waals surface area (Å²) >= 11 is 9.27. The van der Waals surface area contributed by atoms with E-state index < -0.39 is 5.82 Å². The molecule has 2 nitrogen and oxygen atoms in total. The van der Waals surface area contributed by atoms with Crippen LogP contribution in [0.1, 0.15) is 22.7 Å². The molecule has 0 aromatic heterocycles. The summed E-state index contributed by atoms with van der Waals surface area (Å²) in [5.74, 6) is 5.23. The van der Waals surface area contributed by atoms with Crippen molar-refractivity contribution in [1.29, 1.82) is 0 Å². The molecule has 0 heterocycles. The summed E-state index contributed by atoms with van der Waals surface area (Å²) in [7, 11) is 0. The third-order valence-corrected chi connectivity index (χ3v) is 4.39. The maximum atomic E-state index is 13.2. The van der Waals surface area contributed by atoms with Crippen LogP contribution in [0.5, 0.6) is 0 Å². The number of hydrogen-bond donors (Lipinski definition) is 2. The van der Waals surface area contributed by atoms with Crippen LogP contribution in [0, 0.1) is 12.7 Å². The first-order chi connectivity index (χ1) is 9.51. The SMILES string of the molecule is Cc1cc(C(Cc2ccc(F)c(Cl)c2)NN)ccc1Br. The zero-order valence-electron chi connectivity index (χ0n) is 11.0. The summed E-state index contributed by atoms with van der Waals surface area (Å²) < 4.78 is 14.2. The number of nitrogens with two attached hydrogens (primary N) is 1. The Morgan fingerprint density at radius 3 is 2.65 bits per heavy atom. The van der Waals surface area contributed by atoms with Gasteiger partial charge in [-0.3, -0.25) is 11.3 Å². The van der Waals surface area contributed by atoms with E-state index in [2.05, 4.69) is 27.4 Å². The fourth-order valence-electron chi connectivity index (χ4n) is 2.06. The molecule has 3 N–H and O–H groups in total. The van der Waals surface area contributed by atoms with Crippen molar-refractivity contribution in [3.63, 3.8) is 0 Å². The van der Waals surface area contributed by atoms with Crippen LogP contribution in [0.3, 0.4) is 0 Å². The number of halogens is 3. The predicted molar refractivity (Wildman–Crippen MR) is 84.1 cm³/mol. The van der Waals surface area contributed by atoms with Crippen LogP contribution in [-0.4, -0.2) is 0 Å². The van der Waals surface area contributed by atoms with E-state index in [-0.39, 0.29) is 11.1 Å². The van der Waals surface area contributed by atoms with Crippen molar-refractivity contribution in [1.82, 2.24) is 5.43 Å². The van der Waals surface area contributed by atoms with E-state index in [1.165, 1.54) is 6.07 Å². The zero-order chi connectivity index (χ0) is 14.7. The molecule has 0 saturated heterocycles. The van der Waals surface area contributed by atoms with Crippen LogP contribution >= 0.6 is 27.5 Å². The van der Waals surface area contributed by atoms with Crippen LogP contribution in [0.4, 0.5) is 4.39 Å². The lowest BCUT2D eigenvalue weighted by atomic mass is 9.98. The van der Waals surface area contributed by atoms with Crippen LogP contribution in [0.25, 0.3) is 0 Å². The lowest BCUT2D eigenvalue weighted by molar-refractivity contribution is 0.550. The third-order valence-electron chi connectivity index (χ3n) is 3.21. The molecule has 0 radical (unpaired) electrons. The number of benzene rings is 2. The maximum absolute atomic E-state index is 13.2. The molecule has 106 valence electrons. The van der Waals surface area contributed by atoms with Gasteiger partial charge < -0.3 is 0 Å². The standard InChI is InChI=1S/C15H15BrClFN2/c1-9-6-11(3-4-12(9)16)15(20-19)8-10-2-5-14(18)13(17)7-10/h2-7,15,20H,8,19H2,1H3. The van der Waals surface area contributed by atoms with Gasteiger partial charge in [-0.1, -0.05) is 45.7 Å². The van der Waals surface area contributed by atoms with Crippen molar-refractivity contribution in [3.8, 4) is 0 Å². The highest BCUT2D eigenvalue weighted by atomic mass is 79.9. The topological polar surface area (TPSA) is 38.0 Å². The van der Waals surface area contributed by atoms with Crippen molar-refractivity contribution in [3.05, 3.63) is 68.4 Å². The molecular weight excluding hydrogens is 343 g/mol. The molecule has 2 aromatic carbocycles. The lowest BCUT2D eigenvalue weighted by Crippen LogP contribution is -2.29. The first-order valence-electron chi connectivity index (χ1n) is 6.17. The van der Waals surface area contributed by atoms with E-state index in [0.717, 1.165) is 21.2 Å². The minimum Gasteiger partial charge on any atom is -0.271 e. The van der Waals surface area contributed by atoms with Gasteiger partial charge in [-0.15, -0.1) is 0 Å². The van der Waals surface area contributed by atoms with Crippen molar-refractivity contribution in [2.45, 2.75) is 19.4 Å². The first kappa shape index (κ1) is 15.4. The smallest absolute Gasteiger partial charge is 0.141 e. The molecule has 0 aliphatic heterocycles. The van der Waals surface area contributed by atoms with E-state index in [1.54, 1.807) is 12.1 Å². The number of hydrazine groups is 1. The van der Waals surface area contributed by atoms with Gasteiger partial charge in [0.05, 0.1) is 5.02 Å². The van der Waals surface area contributed by atoms with E-state index >= 15 is 0 Å². The lowest BCUT2D eigenvalue weighted by Gasteiger charge is -2.17. The molecule has 0 amide bonds. The summed E-state index contributed by atoms with van der Waals surface area (Å²) in [6.07, 6.45) is 0.636. The first-order valence-corrected chi connectivity index (χ1v) is 7.34. The highest BCUT2D eigenvalue weighted by Crippen LogP contribution is 2.25. The Hall–Kier alpha value is -0.940. The highest BCUT2D eigenvalue weighted by molar-refractivity contribution is 9.10. The summed E-state index contributed by atoms with van der Waals surface area (Å²) in [5, 5.41) is 0.130. The Kier molecular flexibility index (Phi) is 5.16. The van der Waals surface area contributed by atoms with Crippen molar-refractivity contribution >= 4 is 27.5 Å². The van der Waals surface area contributed by atoms with Gasteiger partial charge in [0, 0.05) is 10.5 Å². The molecule has 0 saturated carbocycles. The zero-order valence-corrected chi connectivity index (χ0v) is 13.3. The normalized spacial score (nSPS) is 12.4. The fraction of sp³-hybridized carbons (Fsp3) is 0.200. The molecule has 1 unspecified atom stereocenters. The average molecular weight is 358 g/mol. The van der Waals surface area contributed by atoms with Crippen molar-refractivity contribution in [2.24, 2.45) is 5.84 Å². The largest absolute Gasteiger partial charge is 0.271 e. The quantitative estimate of drug-likeness (QED) is 0.632. The second-order valence-electron chi connectivity index (χ2n) is 4.68. The van der Waals surface area contributed by atoms with Crippen molar-refractivity contribution < 1.29 is 4.39 Å². The van der Waals surface area contributed by atoms with E-state index in [1.807, 2.05) is 19.1 Å². The molecule has 0 aliphatic rings. The van der Waals surface area contributed by atoms with Gasteiger partial charge in [-0.25, -0.2) is 4.39 Å². The Labute approximate surface area is 131 Å². The number of hydrogen-bond acceptors (Lipinski definition) is 2. The number of aryl methyl sites for hydroxylation is 1. The molecule has 5 heteroatoms. The molecule has 0 spiro atoms.